The maximum atomic E-state index is 12.8. The molecule has 5 nitrogen and oxygen atoms in total. The number of methoxy groups -OCH3 is 1. The third kappa shape index (κ3) is 7.04. The zero-order valence-electron chi connectivity index (χ0n) is 14.8. The lowest BCUT2D eigenvalue weighted by Crippen LogP contribution is -2.17. The van der Waals surface area contributed by atoms with Crippen LogP contribution in [0.4, 0.5) is 0 Å². The van der Waals surface area contributed by atoms with Gasteiger partial charge in [0.25, 0.3) is 0 Å². The summed E-state index contributed by atoms with van der Waals surface area (Å²) in [5.41, 5.74) is 0.637. The molecule has 23 heavy (non-hydrogen) atoms. The second kappa shape index (κ2) is 9.30. The van der Waals surface area contributed by atoms with Gasteiger partial charge in [0.05, 0.1) is 19.4 Å². The van der Waals surface area contributed by atoms with Crippen molar-refractivity contribution in [3.8, 4) is 5.88 Å². The lowest BCUT2D eigenvalue weighted by Gasteiger charge is -2.19. The van der Waals surface area contributed by atoms with Crippen LogP contribution in [0.3, 0.4) is 0 Å². The van der Waals surface area contributed by atoms with E-state index in [-0.39, 0.29) is 5.41 Å². The Kier molecular flexibility index (Phi) is 8.42. The van der Waals surface area contributed by atoms with E-state index in [0.717, 1.165) is 23.7 Å². The summed E-state index contributed by atoms with van der Waals surface area (Å²) >= 11 is 2.74. The molecule has 1 unspecified atom stereocenters. The third-order valence-corrected chi connectivity index (χ3v) is 10.3. The minimum Gasteiger partial charge on any atom is -0.481 e. The molecule has 1 rings (SSSR count). The Morgan fingerprint density at radius 1 is 1.22 bits per heavy atom. The maximum Gasteiger partial charge on any atom is 0.313 e. The van der Waals surface area contributed by atoms with Crippen molar-refractivity contribution in [1.29, 1.82) is 0 Å². The van der Waals surface area contributed by atoms with Crippen molar-refractivity contribution in [2.45, 2.75) is 52.2 Å². The molecule has 0 N–H and O–H groups in total. The van der Waals surface area contributed by atoms with Gasteiger partial charge < -0.3 is 9.26 Å². The molecule has 0 amide bonds. The SMILES string of the molecule is CCCSP(=O)(OCC)SCc1cc(OC)nc(C(C)(C)C)n1. The van der Waals surface area contributed by atoms with Gasteiger partial charge in [0.15, 0.2) is 0 Å². The fraction of sp³-hybridized carbons (Fsp3) is 0.733. The van der Waals surface area contributed by atoms with Crippen LogP contribution in [0.15, 0.2) is 6.07 Å². The third-order valence-electron chi connectivity index (χ3n) is 2.75. The summed E-state index contributed by atoms with van der Waals surface area (Å²) in [6.45, 7) is 10.5. The largest absolute Gasteiger partial charge is 0.481 e. The van der Waals surface area contributed by atoms with Crippen molar-refractivity contribution in [1.82, 2.24) is 9.97 Å². The predicted octanol–water partition coefficient (Wildman–Crippen LogP) is 5.30. The molecule has 0 aliphatic carbocycles. The Balaban J connectivity index is 2.92. The van der Waals surface area contributed by atoms with E-state index >= 15 is 0 Å². The summed E-state index contributed by atoms with van der Waals surface area (Å²) in [5, 5.41) is 0. The van der Waals surface area contributed by atoms with Gasteiger partial charge in [-0.2, -0.15) is 4.98 Å². The smallest absolute Gasteiger partial charge is 0.313 e. The van der Waals surface area contributed by atoms with Crippen LogP contribution in [-0.4, -0.2) is 29.4 Å². The quantitative estimate of drug-likeness (QED) is 0.540. The number of hydrogen-bond acceptors (Lipinski definition) is 7. The summed E-state index contributed by atoms with van der Waals surface area (Å²) in [7, 11) is 1.59. The molecule has 0 bridgehead atoms. The van der Waals surface area contributed by atoms with E-state index in [9.17, 15) is 4.57 Å². The molecule has 1 heterocycles. The zero-order valence-corrected chi connectivity index (χ0v) is 17.3. The number of rotatable bonds is 9. The Labute approximate surface area is 147 Å². The molecule has 1 aromatic rings. The van der Waals surface area contributed by atoms with Gasteiger partial charge in [-0.3, -0.25) is 4.57 Å². The molecule has 0 aliphatic rings. The minimum absolute atomic E-state index is 0.172. The van der Waals surface area contributed by atoms with Gasteiger partial charge in [-0.25, -0.2) is 4.98 Å². The van der Waals surface area contributed by atoms with Gasteiger partial charge >= 0.3 is 5.77 Å². The Morgan fingerprint density at radius 3 is 2.43 bits per heavy atom. The highest BCUT2D eigenvalue weighted by molar-refractivity contribution is 8.89. The van der Waals surface area contributed by atoms with Gasteiger partial charge in [-0.05, 0) is 13.3 Å². The summed E-state index contributed by atoms with van der Waals surface area (Å²) < 4.78 is 23.6. The van der Waals surface area contributed by atoms with Crippen LogP contribution in [0.1, 0.15) is 52.6 Å². The van der Waals surface area contributed by atoms with Gasteiger partial charge in [-0.1, -0.05) is 50.5 Å². The summed E-state index contributed by atoms with van der Waals surface area (Å²) in [6.07, 6.45) is 0.970. The van der Waals surface area contributed by atoms with Crippen LogP contribution < -0.4 is 4.74 Å². The fourth-order valence-corrected chi connectivity index (χ4v) is 8.20. The van der Waals surface area contributed by atoms with Gasteiger partial charge in [0.2, 0.25) is 5.88 Å². The molecule has 0 radical (unpaired) electrons. The van der Waals surface area contributed by atoms with Crippen molar-refractivity contribution in [3.63, 3.8) is 0 Å². The minimum atomic E-state index is -2.75. The van der Waals surface area contributed by atoms with Crippen LogP contribution in [0.5, 0.6) is 5.88 Å². The maximum absolute atomic E-state index is 12.8. The molecule has 0 aliphatic heterocycles. The molecular formula is C15H27N2O3PS2. The highest BCUT2D eigenvalue weighted by Crippen LogP contribution is 2.70. The van der Waals surface area contributed by atoms with Crippen molar-refractivity contribution in [2.75, 3.05) is 19.5 Å². The molecule has 132 valence electrons. The fourth-order valence-electron chi connectivity index (χ4n) is 1.60. The molecule has 0 saturated carbocycles. The highest BCUT2D eigenvalue weighted by atomic mass is 33.1. The van der Waals surface area contributed by atoms with E-state index in [1.807, 2.05) is 6.92 Å². The van der Waals surface area contributed by atoms with E-state index in [1.54, 1.807) is 13.2 Å². The first-order valence-corrected chi connectivity index (χ1v) is 12.5. The summed E-state index contributed by atoms with van der Waals surface area (Å²) in [6, 6.07) is 1.79. The number of nitrogens with zero attached hydrogens (tertiary/aromatic N) is 2. The molecule has 0 saturated heterocycles. The first-order chi connectivity index (χ1) is 10.7. The van der Waals surface area contributed by atoms with E-state index in [1.165, 1.54) is 22.8 Å². The molecule has 8 heteroatoms. The van der Waals surface area contributed by atoms with Crippen molar-refractivity contribution in [3.05, 3.63) is 17.6 Å². The summed E-state index contributed by atoms with van der Waals surface area (Å²) in [5.74, 6) is -0.157. The molecule has 0 fully saturated rings. The van der Waals surface area contributed by atoms with Crippen LogP contribution in [0.2, 0.25) is 0 Å². The van der Waals surface area contributed by atoms with Crippen molar-refractivity contribution < 1.29 is 13.8 Å². The zero-order chi connectivity index (χ0) is 17.5. The van der Waals surface area contributed by atoms with Gasteiger partial charge in [0.1, 0.15) is 5.82 Å². The molecule has 0 spiro atoms. The number of ether oxygens (including phenoxy) is 1. The number of aromatic nitrogens is 2. The Hall–Kier alpha value is -0.230. The second-order valence-corrected chi connectivity index (χ2v) is 13.4. The monoisotopic (exact) mass is 378 g/mol. The normalized spacial score (nSPS) is 14.5. The van der Waals surface area contributed by atoms with E-state index in [4.69, 9.17) is 9.26 Å². The predicted molar refractivity (Wildman–Crippen MR) is 101 cm³/mol. The van der Waals surface area contributed by atoms with Crippen molar-refractivity contribution >= 4 is 28.5 Å². The highest BCUT2D eigenvalue weighted by Gasteiger charge is 2.25. The summed E-state index contributed by atoms with van der Waals surface area (Å²) in [4.78, 5) is 9.00. The van der Waals surface area contributed by atoms with Gasteiger partial charge in [0, 0.05) is 23.0 Å². The van der Waals surface area contributed by atoms with Crippen LogP contribution >= 0.6 is 28.5 Å². The van der Waals surface area contributed by atoms with E-state index in [2.05, 4.69) is 37.7 Å². The average Bonchev–Trinajstić information content (AvgIpc) is 2.50. The lowest BCUT2D eigenvalue weighted by molar-refractivity contribution is 0.357. The lowest BCUT2D eigenvalue weighted by atomic mass is 9.95. The molecule has 0 aromatic carbocycles. The first kappa shape index (κ1) is 20.8. The Morgan fingerprint density at radius 2 is 1.91 bits per heavy atom. The Bertz CT molecular complexity index is 550. The topological polar surface area (TPSA) is 61.3 Å². The van der Waals surface area contributed by atoms with E-state index < -0.39 is 5.77 Å². The molecule has 1 atom stereocenters. The second-order valence-electron chi connectivity index (χ2n) is 5.95. The van der Waals surface area contributed by atoms with Crippen LogP contribution in [0.25, 0.3) is 0 Å². The molecular weight excluding hydrogens is 351 g/mol. The first-order valence-electron chi connectivity index (χ1n) is 7.70. The van der Waals surface area contributed by atoms with Crippen LogP contribution in [0, 0.1) is 0 Å². The van der Waals surface area contributed by atoms with Crippen molar-refractivity contribution in [2.24, 2.45) is 0 Å². The standard InChI is InChI=1S/C15H27N2O3PS2/c1-7-9-22-21(18,20-8-2)23-11-12-10-13(19-6)17-14(16-12)15(3,4)5/h10H,7-9,11H2,1-6H3. The van der Waals surface area contributed by atoms with Gasteiger partial charge in [-0.15, -0.1) is 0 Å². The van der Waals surface area contributed by atoms with Crippen LogP contribution in [-0.2, 0) is 20.3 Å². The molecule has 1 aromatic heterocycles. The average molecular weight is 379 g/mol. The van der Waals surface area contributed by atoms with E-state index in [0.29, 0.717) is 18.2 Å². The number of hydrogen-bond donors (Lipinski definition) is 0.